The normalized spacial score (nSPS) is 15.9. The number of nitrogens with two attached hydrogens (primary N) is 2. The van der Waals surface area contributed by atoms with E-state index in [0.29, 0.717) is 12.3 Å². The van der Waals surface area contributed by atoms with E-state index in [2.05, 4.69) is 9.98 Å². The molecule has 1 aromatic rings. The van der Waals surface area contributed by atoms with E-state index in [1.807, 2.05) is 30.3 Å². The first kappa shape index (κ1) is 9.71. The Balaban J connectivity index is 2.60. The number of guanidine groups is 1. The van der Waals surface area contributed by atoms with Gasteiger partial charge in [-0.3, -0.25) is 4.99 Å². The summed E-state index contributed by atoms with van der Waals surface area (Å²) in [5.41, 5.74) is 11.9. The van der Waals surface area contributed by atoms with Gasteiger partial charge >= 0.3 is 0 Å². The van der Waals surface area contributed by atoms with Crippen LogP contribution in [-0.2, 0) is 6.42 Å². The monoisotopic (exact) mass is 205 g/mol. The number of hydrogen-bond donors (Lipinski definition) is 2. The summed E-state index contributed by atoms with van der Waals surface area (Å²) in [6, 6.07) is 9.69. The molecule has 15 heavy (non-hydrogen) atoms. The highest BCUT2D eigenvalue weighted by molar-refractivity contribution is 5.93. The second-order valence-electron chi connectivity index (χ2n) is 3.11. The Morgan fingerprint density at radius 2 is 2.00 bits per heavy atom. The molecule has 0 aliphatic carbocycles. The number of benzene rings is 1. The molecule has 80 valence electrons. The molecule has 0 bridgehead atoms. The zero-order valence-corrected chi connectivity index (χ0v) is 8.72. The molecule has 1 atom stereocenters. The number of rotatable bonds is 3. The lowest BCUT2D eigenvalue weighted by molar-refractivity contribution is 0.962. The Morgan fingerprint density at radius 1 is 1.33 bits per heavy atom. The van der Waals surface area contributed by atoms with Gasteiger partial charge in [-0.25, -0.2) is 4.99 Å². The summed E-state index contributed by atoms with van der Waals surface area (Å²) in [4.78, 5) is 7.67. The molecule has 0 aromatic heterocycles. The lowest BCUT2D eigenvalue weighted by Crippen LogP contribution is -2.16. The topological polar surface area (TPSA) is 76.8 Å². The Kier molecular flexibility index (Phi) is 3.75. The van der Waals surface area contributed by atoms with Crippen molar-refractivity contribution in [3.63, 3.8) is 0 Å². The Hall–Kier alpha value is -1.84. The van der Waals surface area contributed by atoms with Crippen LogP contribution in [0.2, 0.25) is 0 Å². The molecule has 0 aliphatic rings. The highest BCUT2D eigenvalue weighted by atomic mass is 15.1. The van der Waals surface area contributed by atoms with Crippen molar-refractivity contribution < 1.29 is 1.37 Å². The van der Waals surface area contributed by atoms with Crippen LogP contribution in [0.1, 0.15) is 13.9 Å². The summed E-state index contributed by atoms with van der Waals surface area (Å²) in [6.07, 6.45) is 0.515. The van der Waals surface area contributed by atoms with Gasteiger partial charge < -0.3 is 11.5 Å². The number of aliphatic imine (C=N–C) groups is 2. The van der Waals surface area contributed by atoms with Crippen molar-refractivity contribution in [2.45, 2.75) is 13.3 Å². The molecule has 0 saturated carbocycles. The van der Waals surface area contributed by atoms with Crippen LogP contribution in [-0.4, -0.2) is 18.3 Å². The van der Waals surface area contributed by atoms with Crippen LogP contribution in [0.25, 0.3) is 0 Å². The first-order chi connectivity index (χ1) is 7.58. The largest absolute Gasteiger partial charge is 0.387 e. The predicted octanol–water partition coefficient (Wildman–Crippen LogP) is 0.921. The summed E-state index contributed by atoms with van der Waals surface area (Å²) in [5, 5.41) is 0. The molecule has 0 heterocycles. The van der Waals surface area contributed by atoms with E-state index in [1.54, 1.807) is 6.92 Å². The van der Waals surface area contributed by atoms with E-state index in [4.69, 9.17) is 12.8 Å². The average molecular weight is 205 g/mol. The van der Waals surface area contributed by atoms with Gasteiger partial charge in [0.2, 0.25) is 5.96 Å². The van der Waals surface area contributed by atoms with Crippen LogP contribution in [0, 0.1) is 0 Å². The SMILES string of the molecule is [2H]C(Cc1ccccc1)N=C(N)N=C(C)N. The fourth-order valence-electron chi connectivity index (χ4n) is 1.07. The molecule has 0 spiro atoms. The van der Waals surface area contributed by atoms with Crippen LogP contribution in [0.15, 0.2) is 40.3 Å². The predicted molar refractivity (Wildman–Crippen MR) is 63.9 cm³/mol. The van der Waals surface area contributed by atoms with Crippen molar-refractivity contribution in [2.75, 3.05) is 6.52 Å². The quantitative estimate of drug-likeness (QED) is 0.568. The Morgan fingerprint density at radius 3 is 2.60 bits per heavy atom. The first-order valence-electron chi connectivity index (χ1n) is 5.26. The molecule has 4 N–H and O–H groups in total. The minimum Gasteiger partial charge on any atom is -0.387 e. The Labute approximate surface area is 91.1 Å². The van der Waals surface area contributed by atoms with Crippen molar-refractivity contribution >= 4 is 11.8 Å². The highest BCUT2D eigenvalue weighted by Gasteiger charge is 1.91. The molecule has 0 amide bonds. The van der Waals surface area contributed by atoms with Crippen LogP contribution in [0.5, 0.6) is 0 Å². The lowest BCUT2D eigenvalue weighted by Gasteiger charge is -1.97. The van der Waals surface area contributed by atoms with Crippen LogP contribution >= 0.6 is 0 Å². The summed E-state index contributed by atoms with van der Waals surface area (Å²) >= 11 is 0. The zero-order chi connectivity index (χ0) is 12.0. The van der Waals surface area contributed by atoms with E-state index < -0.39 is 6.52 Å². The van der Waals surface area contributed by atoms with Gasteiger partial charge in [-0.1, -0.05) is 30.3 Å². The maximum absolute atomic E-state index is 7.71. The van der Waals surface area contributed by atoms with Gasteiger partial charge in [-0.2, -0.15) is 0 Å². The number of amidine groups is 1. The average Bonchev–Trinajstić information content (AvgIpc) is 2.17. The third-order valence-corrected chi connectivity index (χ3v) is 1.68. The molecule has 1 unspecified atom stereocenters. The molecule has 4 nitrogen and oxygen atoms in total. The van der Waals surface area contributed by atoms with Gasteiger partial charge in [0, 0.05) is 6.52 Å². The maximum Gasteiger partial charge on any atom is 0.216 e. The zero-order valence-electron chi connectivity index (χ0n) is 9.72. The summed E-state index contributed by atoms with van der Waals surface area (Å²) in [6.45, 7) is 0.976. The minimum absolute atomic E-state index is 0.0518. The maximum atomic E-state index is 7.71. The van der Waals surface area contributed by atoms with Gasteiger partial charge in [0.15, 0.2) is 0 Å². The first-order valence-corrected chi connectivity index (χ1v) is 4.68. The van der Waals surface area contributed by atoms with Gasteiger partial charge in [-0.15, -0.1) is 0 Å². The van der Waals surface area contributed by atoms with Gasteiger partial charge in [0.1, 0.15) is 0 Å². The standard InChI is InChI=1S/C11H16N4/c1-9(12)15-11(13)14-8-7-10-5-3-2-4-6-10/h2-6H,7-8H2,1H3,(H4,12,13,14,15)/i8D. The van der Waals surface area contributed by atoms with Crippen molar-refractivity contribution in [1.29, 1.82) is 0 Å². The number of aryl methyl sites for hydroxylation is 1. The third kappa shape index (κ3) is 4.81. The van der Waals surface area contributed by atoms with Crippen molar-refractivity contribution in [3.05, 3.63) is 35.9 Å². The van der Waals surface area contributed by atoms with Crippen LogP contribution in [0.4, 0.5) is 0 Å². The molecule has 0 radical (unpaired) electrons. The lowest BCUT2D eigenvalue weighted by atomic mass is 10.2. The molecule has 4 heteroatoms. The second kappa shape index (κ2) is 5.80. The van der Waals surface area contributed by atoms with E-state index in [0.717, 1.165) is 5.56 Å². The Bertz CT molecular complexity index is 382. The van der Waals surface area contributed by atoms with E-state index in [-0.39, 0.29) is 5.96 Å². The fraction of sp³-hybridized carbons (Fsp3) is 0.273. The van der Waals surface area contributed by atoms with E-state index >= 15 is 0 Å². The third-order valence-electron chi connectivity index (χ3n) is 1.68. The van der Waals surface area contributed by atoms with Gasteiger partial charge in [-0.05, 0) is 18.9 Å². The number of hydrogen-bond acceptors (Lipinski definition) is 1. The highest BCUT2D eigenvalue weighted by Crippen LogP contribution is 1.99. The molecule has 0 saturated heterocycles. The second-order valence-corrected chi connectivity index (χ2v) is 3.11. The molecule has 1 rings (SSSR count). The van der Waals surface area contributed by atoms with Crippen molar-refractivity contribution in [1.82, 2.24) is 0 Å². The number of nitrogens with zero attached hydrogens (tertiary/aromatic N) is 2. The van der Waals surface area contributed by atoms with Gasteiger partial charge in [0.25, 0.3) is 0 Å². The molecule has 0 aliphatic heterocycles. The van der Waals surface area contributed by atoms with Crippen molar-refractivity contribution in [3.8, 4) is 0 Å². The van der Waals surface area contributed by atoms with Crippen LogP contribution < -0.4 is 11.5 Å². The van der Waals surface area contributed by atoms with Crippen molar-refractivity contribution in [2.24, 2.45) is 21.5 Å². The van der Waals surface area contributed by atoms with E-state index in [9.17, 15) is 0 Å². The summed E-state index contributed by atoms with van der Waals surface area (Å²) in [7, 11) is 0. The summed E-state index contributed by atoms with van der Waals surface area (Å²) in [5.74, 6) is 0.393. The van der Waals surface area contributed by atoms with Crippen LogP contribution in [0.3, 0.4) is 0 Å². The molecular weight excluding hydrogens is 188 g/mol. The smallest absolute Gasteiger partial charge is 0.216 e. The fourth-order valence-corrected chi connectivity index (χ4v) is 1.07. The molecule has 0 fully saturated rings. The molecule has 1 aromatic carbocycles. The van der Waals surface area contributed by atoms with Gasteiger partial charge in [0.05, 0.1) is 7.21 Å². The molecular formula is C11H16N4. The minimum atomic E-state index is -0.648. The summed E-state index contributed by atoms with van der Waals surface area (Å²) < 4.78 is 7.71. The van der Waals surface area contributed by atoms with E-state index in [1.165, 1.54) is 0 Å².